The maximum absolute atomic E-state index is 12.7. The van der Waals surface area contributed by atoms with Crippen LogP contribution in [0.1, 0.15) is 47.4 Å². The molecule has 0 aliphatic heterocycles. The zero-order chi connectivity index (χ0) is 25.7. The van der Waals surface area contributed by atoms with E-state index in [1.165, 1.54) is 6.92 Å². The number of fused-ring (bicyclic) bond motifs is 1. The van der Waals surface area contributed by atoms with Crippen molar-refractivity contribution in [3.05, 3.63) is 40.4 Å². The largest absolute Gasteiger partial charge is 0.382 e. The molecule has 7 N–H and O–H groups in total. The molecule has 2 heterocycles. The van der Waals surface area contributed by atoms with E-state index < -0.39 is 5.91 Å². The van der Waals surface area contributed by atoms with Crippen LogP contribution in [0.2, 0.25) is 5.15 Å². The second-order valence-corrected chi connectivity index (χ2v) is 8.02. The summed E-state index contributed by atoms with van der Waals surface area (Å²) in [5, 5.41) is 8.15. The molecule has 1 aromatic carbocycles. The number of carbonyl (C=O) groups excluding carboxylic acids is 3. The lowest BCUT2D eigenvalue weighted by Crippen LogP contribution is -2.40. The average molecular weight is 503 g/mol. The number of nitrogen functional groups attached to an aromatic ring is 2. The van der Waals surface area contributed by atoms with Gasteiger partial charge >= 0.3 is 0 Å². The molecule has 3 rings (SSSR count). The fraction of sp³-hybridized carbons (Fsp3) is 0.364. The number of benzene rings is 1. The predicted molar refractivity (Wildman–Crippen MR) is 132 cm³/mol. The van der Waals surface area contributed by atoms with Crippen LogP contribution >= 0.6 is 11.6 Å². The molecule has 186 valence electrons. The van der Waals surface area contributed by atoms with Crippen molar-refractivity contribution in [3.8, 4) is 0 Å². The van der Waals surface area contributed by atoms with Crippen LogP contribution in [0.3, 0.4) is 0 Å². The van der Waals surface area contributed by atoms with E-state index in [0.717, 1.165) is 16.9 Å². The van der Waals surface area contributed by atoms with Crippen molar-refractivity contribution in [2.75, 3.05) is 24.6 Å². The predicted octanol–water partition coefficient (Wildman–Crippen LogP) is 0.372. The first-order valence-corrected chi connectivity index (χ1v) is 11.5. The van der Waals surface area contributed by atoms with Crippen molar-refractivity contribution >= 4 is 52.0 Å². The Labute approximate surface area is 207 Å². The topological polar surface area (TPSA) is 174 Å². The second-order valence-electron chi connectivity index (χ2n) is 7.66. The van der Waals surface area contributed by atoms with Crippen molar-refractivity contribution in [1.29, 1.82) is 0 Å². The van der Waals surface area contributed by atoms with Crippen LogP contribution in [0.4, 0.5) is 11.6 Å². The molecule has 0 fully saturated rings. The molecular formula is C22H29ClN9O3+. The van der Waals surface area contributed by atoms with Gasteiger partial charge in [0.15, 0.2) is 33.5 Å². The fourth-order valence-electron chi connectivity index (χ4n) is 3.80. The van der Waals surface area contributed by atoms with Crippen LogP contribution in [0.25, 0.3) is 11.0 Å². The number of nitrogens with one attached hydrogen (secondary N) is 3. The molecule has 0 atom stereocenters. The number of carbonyl (C=O) groups is 3. The Morgan fingerprint density at radius 2 is 1.74 bits per heavy atom. The molecule has 0 saturated carbocycles. The molecular weight excluding hydrogens is 474 g/mol. The van der Waals surface area contributed by atoms with E-state index in [2.05, 4.69) is 30.5 Å². The maximum Gasteiger partial charge on any atom is 0.277 e. The van der Waals surface area contributed by atoms with Crippen molar-refractivity contribution in [2.45, 2.75) is 40.4 Å². The van der Waals surface area contributed by atoms with Gasteiger partial charge in [-0.15, -0.1) is 0 Å². The summed E-state index contributed by atoms with van der Waals surface area (Å²) < 4.78 is 4.08. The Morgan fingerprint density at radius 1 is 1.03 bits per heavy atom. The molecule has 0 saturated heterocycles. The molecule has 0 radical (unpaired) electrons. The highest BCUT2D eigenvalue weighted by Gasteiger charge is 2.26. The van der Waals surface area contributed by atoms with Gasteiger partial charge in [0, 0.05) is 31.6 Å². The van der Waals surface area contributed by atoms with Gasteiger partial charge < -0.3 is 27.4 Å². The first-order chi connectivity index (χ1) is 16.7. The molecule has 0 unspecified atom stereocenters. The van der Waals surface area contributed by atoms with Gasteiger partial charge in [-0.1, -0.05) is 11.6 Å². The van der Waals surface area contributed by atoms with E-state index in [1.807, 2.05) is 30.5 Å². The molecule has 0 aliphatic carbocycles. The number of aromatic nitrogens is 4. The van der Waals surface area contributed by atoms with E-state index in [9.17, 15) is 14.4 Å². The van der Waals surface area contributed by atoms with Gasteiger partial charge in [0.2, 0.25) is 5.91 Å². The summed E-state index contributed by atoms with van der Waals surface area (Å²) in [5.41, 5.74) is 13.5. The van der Waals surface area contributed by atoms with Crippen molar-refractivity contribution in [3.63, 3.8) is 0 Å². The van der Waals surface area contributed by atoms with E-state index in [0.29, 0.717) is 31.7 Å². The average Bonchev–Trinajstić information content (AvgIpc) is 3.13. The van der Waals surface area contributed by atoms with Crippen LogP contribution < -0.4 is 32.0 Å². The lowest BCUT2D eigenvalue weighted by atomic mass is 10.2. The van der Waals surface area contributed by atoms with E-state index in [4.69, 9.17) is 23.1 Å². The van der Waals surface area contributed by atoms with E-state index in [1.54, 1.807) is 6.07 Å². The SMILES string of the molecule is CCn1c(CNC(=O)c2nc(Cl)c(N)nc2N)[n+](CC)c2ccc(C(=O)NCCNC(C)=O)cc21. The molecule has 0 bridgehead atoms. The van der Waals surface area contributed by atoms with Crippen LogP contribution in [0.5, 0.6) is 0 Å². The minimum absolute atomic E-state index is 0.0504. The quantitative estimate of drug-likeness (QED) is 0.207. The molecule has 3 amide bonds. The summed E-state index contributed by atoms with van der Waals surface area (Å²) in [5.74, 6) is -0.266. The van der Waals surface area contributed by atoms with Gasteiger partial charge in [-0.3, -0.25) is 14.4 Å². The number of nitrogens with zero attached hydrogens (tertiary/aromatic N) is 4. The second kappa shape index (κ2) is 11.0. The molecule has 35 heavy (non-hydrogen) atoms. The van der Waals surface area contributed by atoms with E-state index >= 15 is 0 Å². The lowest BCUT2D eigenvalue weighted by molar-refractivity contribution is -0.676. The van der Waals surface area contributed by atoms with Gasteiger partial charge in [-0.2, -0.15) is 0 Å². The van der Waals surface area contributed by atoms with Crippen LogP contribution in [0, 0.1) is 0 Å². The first kappa shape index (κ1) is 25.7. The van der Waals surface area contributed by atoms with Gasteiger partial charge in [-0.05, 0) is 26.0 Å². The zero-order valence-corrected chi connectivity index (χ0v) is 20.6. The summed E-state index contributed by atoms with van der Waals surface area (Å²) in [6.07, 6.45) is 0. The summed E-state index contributed by atoms with van der Waals surface area (Å²) >= 11 is 5.90. The lowest BCUT2D eigenvalue weighted by Gasteiger charge is -2.08. The molecule has 2 aromatic heterocycles. The number of hydrogen-bond acceptors (Lipinski definition) is 7. The number of nitrogens with two attached hydrogens (primary N) is 2. The number of aryl methyl sites for hydroxylation is 2. The number of imidazole rings is 1. The molecule has 13 heteroatoms. The third-order valence-electron chi connectivity index (χ3n) is 5.39. The molecule has 12 nitrogen and oxygen atoms in total. The highest BCUT2D eigenvalue weighted by Crippen LogP contribution is 2.19. The highest BCUT2D eigenvalue weighted by atomic mass is 35.5. The molecule has 0 aliphatic rings. The first-order valence-electron chi connectivity index (χ1n) is 11.1. The summed E-state index contributed by atoms with van der Waals surface area (Å²) in [4.78, 5) is 44.1. The Morgan fingerprint density at radius 3 is 2.40 bits per heavy atom. The third-order valence-corrected chi connectivity index (χ3v) is 5.66. The van der Waals surface area contributed by atoms with E-state index in [-0.39, 0.29) is 40.8 Å². The smallest absolute Gasteiger partial charge is 0.277 e. The van der Waals surface area contributed by atoms with Gasteiger partial charge in [-0.25, -0.2) is 19.1 Å². The summed E-state index contributed by atoms with van der Waals surface area (Å²) in [7, 11) is 0. The number of anilines is 2. The van der Waals surface area contributed by atoms with Crippen molar-refractivity contribution in [2.24, 2.45) is 0 Å². The number of hydrogen-bond donors (Lipinski definition) is 5. The summed E-state index contributed by atoms with van der Waals surface area (Å²) in [6.45, 7) is 7.50. The Balaban J connectivity index is 1.86. The molecule has 3 aromatic rings. The zero-order valence-electron chi connectivity index (χ0n) is 19.8. The van der Waals surface area contributed by atoms with Crippen molar-refractivity contribution < 1.29 is 19.0 Å². The Hall–Kier alpha value is -3.93. The van der Waals surface area contributed by atoms with Crippen LogP contribution in [-0.2, 0) is 24.4 Å². The van der Waals surface area contributed by atoms with Crippen molar-refractivity contribution in [1.82, 2.24) is 30.5 Å². The minimum Gasteiger partial charge on any atom is -0.382 e. The Kier molecular flexibility index (Phi) is 8.07. The highest BCUT2D eigenvalue weighted by molar-refractivity contribution is 6.31. The number of halogens is 1. The number of amides is 3. The van der Waals surface area contributed by atoms with Gasteiger partial charge in [0.1, 0.15) is 6.54 Å². The van der Waals surface area contributed by atoms with Gasteiger partial charge in [0.25, 0.3) is 17.6 Å². The van der Waals surface area contributed by atoms with Gasteiger partial charge in [0.05, 0.1) is 13.1 Å². The van der Waals surface area contributed by atoms with Crippen LogP contribution in [0.15, 0.2) is 18.2 Å². The minimum atomic E-state index is -0.535. The normalized spacial score (nSPS) is 10.9. The number of rotatable bonds is 9. The monoisotopic (exact) mass is 502 g/mol. The fourth-order valence-corrected chi connectivity index (χ4v) is 3.92. The van der Waals surface area contributed by atoms with Crippen LogP contribution in [-0.4, -0.2) is 45.3 Å². The third kappa shape index (κ3) is 5.60. The maximum atomic E-state index is 12.7. The summed E-state index contributed by atoms with van der Waals surface area (Å²) in [6, 6.07) is 5.44. The Bertz CT molecular complexity index is 1290. The standard InChI is InChI=1S/C22H28ClN9O3/c1-4-31-14-7-6-13(21(34)27-9-8-26-12(3)33)10-15(14)32(5-2)16(31)11-28-22(35)17-19(24)30-20(25)18(23)29-17/h6-7,10H,4-5,8-9,11H2,1-3H3,(H6-,24,25,26,27,28,30,33,34,35)/p+1. The molecule has 0 spiro atoms.